The summed E-state index contributed by atoms with van der Waals surface area (Å²) in [6.07, 6.45) is 0. The minimum absolute atomic E-state index is 0.156. The van der Waals surface area contributed by atoms with Crippen LogP contribution in [0.2, 0.25) is 0 Å². The first-order chi connectivity index (χ1) is 14.2. The van der Waals surface area contributed by atoms with Gasteiger partial charge in [-0.3, -0.25) is 14.5 Å². The number of nitrogens with one attached hydrogen (secondary N) is 2. The number of aryl methyl sites for hydroxylation is 1. The van der Waals surface area contributed by atoms with E-state index in [4.69, 9.17) is 4.74 Å². The fourth-order valence-electron chi connectivity index (χ4n) is 3.50. The van der Waals surface area contributed by atoms with E-state index in [1.54, 1.807) is 57.8 Å². The molecule has 3 aromatic rings. The minimum Gasteiger partial charge on any atom is -0.462 e. The number of fused-ring (bicyclic) bond motifs is 1. The Kier molecular flexibility index (Phi) is 6.17. The van der Waals surface area contributed by atoms with Gasteiger partial charge in [0, 0.05) is 5.69 Å². The van der Waals surface area contributed by atoms with Gasteiger partial charge in [0.15, 0.2) is 5.78 Å². The third-order valence-electron chi connectivity index (χ3n) is 5.27. The number of rotatable bonds is 7. The van der Waals surface area contributed by atoms with E-state index >= 15 is 0 Å². The maximum absolute atomic E-state index is 13.1. The molecule has 0 saturated heterocycles. The van der Waals surface area contributed by atoms with E-state index in [1.807, 2.05) is 6.07 Å². The molecule has 8 nitrogen and oxygen atoms in total. The van der Waals surface area contributed by atoms with Crippen LogP contribution >= 0.6 is 0 Å². The molecule has 0 aliphatic carbocycles. The number of likely N-dealkylation sites (N-methyl/N-ethyl adjacent to an activating group) is 1. The minimum atomic E-state index is -0.506. The number of aromatic nitrogens is 3. The first kappa shape index (κ1) is 21.4. The van der Waals surface area contributed by atoms with Crippen LogP contribution in [0.25, 0.3) is 10.9 Å². The van der Waals surface area contributed by atoms with Crippen molar-refractivity contribution in [1.29, 1.82) is 0 Å². The SMILES string of the molecule is CCOC(=O)c1c(C)[nH]c(C(=O)[C@@H](C)N(C)Cc2nc3ccccc3c(=O)[nH]2)c1C. The number of nitrogens with zero attached hydrogens (tertiary/aromatic N) is 2. The fourth-order valence-corrected chi connectivity index (χ4v) is 3.50. The summed E-state index contributed by atoms with van der Waals surface area (Å²) in [6, 6.07) is 6.61. The average molecular weight is 410 g/mol. The monoisotopic (exact) mass is 410 g/mol. The van der Waals surface area contributed by atoms with E-state index in [0.29, 0.717) is 39.2 Å². The molecule has 0 spiro atoms. The topological polar surface area (TPSA) is 108 Å². The lowest BCUT2D eigenvalue weighted by Gasteiger charge is -2.23. The van der Waals surface area contributed by atoms with Gasteiger partial charge in [0.1, 0.15) is 5.82 Å². The Morgan fingerprint density at radius 2 is 1.90 bits per heavy atom. The van der Waals surface area contributed by atoms with E-state index < -0.39 is 12.0 Å². The molecule has 1 aromatic carbocycles. The van der Waals surface area contributed by atoms with Gasteiger partial charge < -0.3 is 14.7 Å². The van der Waals surface area contributed by atoms with Gasteiger partial charge in [-0.2, -0.15) is 0 Å². The summed E-state index contributed by atoms with van der Waals surface area (Å²) < 4.78 is 5.09. The molecule has 0 bridgehead atoms. The molecule has 0 aliphatic rings. The van der Waals surface area contributed by atoms with Crippen molar-refractivity contribution >= 4 is 22.7 Å². The van der Waals surface area contributed by atoms with Crippen molar-refractivity contribution < 1.29 is 14.3 Å². The summed E-state index contributed by atoms with van der Waals surface area (Å²) in [5.41, 5.74) is 2.36. The van der Waals surface area contributed by atoms with Crippen LogP contribution in [-0.4, -0.2) is 51.3 Å². The van der Waals surface area contributed by atoms with Gasteiger partial charge in [0.25, 0.3) is 5.56 Å². The summed E-state index contributed by atoms with van der Waals surface area (Å²) in [6.45, 7) is 7.55. The Bertz CT molecular complexity index is 1160. The molecule has 30 heavy (non-hydrogen) atoms. The molecule has 0 aliphatic heterocycles. The Hall–Kier alpha value is -3.26. The Morgan fingerprint density at radius 1 is 1.20 bits per heavy atom. The summed E-state index contributed by atoms with van der Waals surface area (Å²) >= 11 is 0. The van der Waals surface area contributed by atoms with Crippen molar-refractivity contribution in [2.75, 3.05) is 13.7 Å². The molecule has 8 heteroatoms. The zero-order valence-electron chi connectivity index (χ0n) is 17.8. The average Bonchev–Trinajstić information content (AvgIpc) is 3.01. The third-order valence-corrected chi connectivity index (χ3v) is 5.27. The van der Waals surface area contributed by atoms with Gasteiger partial charge >= 0.3 is 5.97 Å². The fraction of sp³-hybridized carbons (Fsp3) is 0.364. The number of Topliss-reactive ketones (excluding diaryl/α,β-unsaturated/α-hetero) is 1. The number of hydrogen-bond donors (Lipinski definition) is 2. The van der Waals surface area contributed by atoms with Crippen LogP contribution in [0.3, 0.4) is 0 Å². The molecular weight excluding hydrogens is 384 g/mol. The van der Waals surface area contributed by atoms with Crippen molar-refractivity contribution in [3.05, 3.63) is 63.0 Å². The number of ketones is 1. The first-order valence-electron chi connectivity index (χ1n) is 9.83. The summed E-state index contributed by atoms with van der Waals surface area (Å²) in [5.74, 6) is -0.119. The lowest BCUT2D eigenvalue weighted by molar-refractivity contribution is 0.0525. The Labute approximate surface area is 174 Å². The smallest absolute Gasteiger partial charge is 0.340 e. The summed E-state index contributed by atoms with van der Waals surface area (Å²) in [4.78, 5) is 49.7. The zero-order valence-corrected chi connectivity index (χ0v) is 17.8. The highest BCUT2D eigenvalue weighted by Gasteiger charge is 2.27. The van der Waals surface area contributed by atoms with Crippen LogP contribution in [0.4, 0.5) is 0 Å². The summed E-state index contributed by atoms with van der Waals surface area (Å²) in [5, 5.41) is 0.525. The maximum atomic E-state index is 13.1. The van der Waals surface area contributed by atoms with Crippen LogP contribution in [0, 0.1) is 13.8 Å². The molecule has 0 fully saturated rings. The van der Waals surface area contributed by atoms with Crippen LogP contribution in [0.5, 0.6) is 0 Å². The van der Waals surface area contributed by atoms with Crippen molar-refractivity contribution in [2.45, 2.75) is 40.3 Å². The number of hydrogen-bond acceptors (Lipinski definition) is 6. The zero-order chi connectivity index (χ0) is 22.0. The lowest BCUT2D eigenvalue weighted by atomic mass is 10.0. The predicted molar refractivity (Wildman–Crippen MR) is 114 cm³/mol. The van der Waals surface area contributed by atoms with Gasteiger partial charge in [0.05, 0.1) is 41.4 Å². The molecule has 1 atom stereocenters. The van der Waals surface area contributed by atoms with Crippen molar-refractivity contribution in [1.82, 2.24) is 19.9 Å². The van der Waals surface area contributed by atoms with E-state index in [2.05, 4.69) is 15.0 Å². The second-order valence-corrected chi connectivity index (χ2v) is 7.33. The molecule has 158 valence electrons. The van der Waals surface area contributed by atoms with E-state index in [1.165, 1.54) is 0 Å². The molecule has 0 saturated carbocycles. The highest BCUT2D eigenvalue weighted by Crippen LogP contribution is 2.21. The molecule has 3 rings (SSSR count). The van der Waals surface area contributed by atoms with Crippen LogP contribution in [-0.2, 0) is 11.3 Å². The lowest BCUT2D eigenvalue weighted by Crippen LogP contribution is -2.37. The van der Waals surface area contributed by atoms with Gasteiger partial charge in [0.2, 0.25) is 0 Å². The van der Waals surface area contributed by atoms with Gasteiger partial charge in [-0.25, -0.2) is 9.78 Å². The largest absolute Gasteiger partial charge is 0.462 e. The second-order valence-electron chi connectivity index (χ2n) is 7.33. The number of para-hydroxylation sites is 1. The molecule has 2 heterocycles. The molecule has 0 amide bonds. The predicted octanol–water partition coefficient (Wildman–Crippen LogP) is 2.75. The summed E-state index contributed by atoms with van der Waals surface area (Å²) in [7, 11) is 1.79. The molecular formula is C22H26N4O4. The number of benzene rings is 1. The van der Waals surface area contributed by atoms with Gasteiger partial charge in [-0.05, 0) is 52.4 Å². The number of esters is 1. The van der Waals surface area contributed by atoms with Gasteiger partial charge in [-0.1, -0.05) is 12.1 Å². The molecule has 0 unspecified atom stereocenters. The number of ether oxygens (including phenoxy) is 1. The van der Waals surface area contributed by atoms with Crippen LogP contribution in [0.1, 0.15) is 51.8 Å². The Balaban J connectivity index is 1.82. The number of H-pyrrole nitrogens is 2. The van der Waals surface area contributed by atoms with Crippen molar-refractivity contribution in [3.63, 3.8) is 0 Å². The number of carbonyl (C=O) groups excluding carboxylic acids is 2. The van der Waals surface area contributed by atoms with Crippen molar-refractivity contribution in [2.24, 2.45) is 0 Å². The third kappa shape index (κ3) is 4.04. The van der Waals surface area contributed by atoms with E-state index in [-0.39, 0.29) is 24.5 Å². The standard InChI is InChI=1S/C22H26N4O4/c1-6-30-22(29)18-12(2)19(23-13(18)3)20(27)14(4)26(5)11-17-24-16-10-8-7-9-15(16)21(28)25-17/h7-10,14,23H,6,11H2,1-5H3,(H,24,25,28)/t14-/m1/s1. The Morgan fingerprint density at radius 3 is 2.60 bits per heavy atom. The first-order valence-corrected chi connectivity index (χ1v) is 9.83. The normalized spacial score (nSPS) is 12.3. The highest BCUT2D eigenvalue weighted by molar-refractivity contribution is 6.03. The van der Waals surface area contributed by atoms with Crippen LogP contribution < -0.4 is 5.56 Å². The molecule has 0 radical (unpaired) electrons. The number of carbonyl (C=O) groups is 2. The van der Waals surface area contributed by atoms with E-state index in [0.717, 1.165) is 0 Å². The quantitative estimate of drug-likeness (QED) is 0.458. The van der Waals surface area contributed by atoms with Crippen molar-refractivity contribution in [3.8, 4) is 0 Å². The van der Waals surface area contributed by atoms with Crippen LogP contribution in [0.15, 0.2) is 29.1 Å². The maximum Gasteiger partial charge on any atom is 0.340 e. The second kappa shape index (κ2) is 8.62. The molecule has 2 N–H and O–H groups in total. The highest BCUT2D eigenvalue weighted by atomic mass is 16.5. The molecule has 2 aromatic heterocycles. The van der Waals surface area contributed by atoms with E-state index in [9.17, 15) is 14.4 Å². The number of aromatic amines is 2. The van der Waals surface area contributed by atoms with Gasteiger partial charge in [-0.15, -0.1) is 0 Å².